The van der Waals surface area contributed by atoms with Gasteiger partial charge >= 0.3 is 0 Å². The minimum absolute atomic E-state index is 0.0758. The van der Waals surface area contributed by atoms with Crippen molar-refractivity contribution in [2.75, 3.05) is 27.3 Å². The molecule has 0 radical (unpaired) electrons. The highest BCUT2D eigenvalue weighted by molar-refractivity contribution is 5.94. The van der Waals surface area contributed by atoms with E-state index in [1.807, 2.05) is 30.3 Å². The average molecular weight is 354 g/mol. The molecule has 26 heavy (non-hydrogen) atoms. The van der Waals surface area contributed by atoms with Gasteiger partial charge in [0, 0.05) is 18.7 Å². The van der Waals surface area contributed by atoms with Gasteiger partial charge in [-0.1, -0.05) is 18.2 Å². The zero-order valence-corrected chi connectivity index (χ0v) is 15.4. The molecule has 3 rings (SSSR count). The van der Waals surface area contributed by atoms with Gasteiger partial charge in [-0.2, -0.15) is 0 Å². The van der Waals surface area contributed by atoms with Gasteiger partial charge in [-0.15, -0.1) is 0 Å². The Kier molecular flexibility index (Phi) is 6.12. The fourth-order valence-electron chi connectivity index (χ4n) is 3.32. The summed E-state index contributed by atoms with van der Waals surface area (Å²) in [6, 6.07) is 13.6. The Morgan fingerprint density at radius 3 is 2.54 bits per heavy atom. The SMILES string of the molecule is COc1ccc(CNC(=O)c2ccc(C3CCCNC3)cc2)cc1OC. The van der Waals surface area contributed by atoms with Crippen LogP contribution in [0.3, 0.4) is 0 Å². The van der Waals surface area contributed by atoms with Crippen molar-refractivity contribution in [1.29, 1.82) is 0 Å². The zero-order valence-electron chi connectivity index (χ0n) is 15.4. The van der Waals surface area contributed by atoms with Crippen LogP contribution in [0.15, 0.2) is 42.5 Å². The van der Waals surface area contributed by atoms with Crippen molar-refractivity contribution < 1.29 is 14.3 Å². The summed E-state index contributed by atoms with van der Waals surface area (Å²) in [5, 5.41) is 6.38. The molecule has 1 aliphatic rings. The first-order valence-electron chi connectivity index (χ1n) is 9.01. The van der Waals surface area contributed by atoms with Crippen LogP contribution in [0.5, 0.6) is 11.5 Å². The van der Waals surface area contributed by atoms with E-state index >= 15 is 0 Å². The summed E-state index contributed by atoms with van der Waals surface area (Å²) in [5.74, 6) is 1.81. The highest BCUT2D eigenvalue weighted by atomic mass is 16.5. The third-order valence-corrected chi connectivity index (χ3v) is 4.84. The van der Waals surface area contributed by atoms with E-state index in [2.05, 4.69) is 22.8 Å². The second-order valence-corrected chi connectivity index (χ2v) is 6.54. The van der Waals surface area contributed by atoms with Gasteiger partial charge in [0.15, 0.2) is 11.5 Å². The molecule has 1 atom stereocenters. The molecule has 5 nitrogen and oxygen atoms in total. The molecule has 0 bridgehead atoms. The van der Waals surface area contributed by atoms with Crippen molar-refractivity contribution in [3.05, 3.63) is 59.2 Å². The summed E-state index contributed by atoms with van der Waals surface area (Å²) in [7, 11) is 3.20. The maximum Gasteiger partial charge on any atom is 0.251 e. The third-order valence-electron chi connectivity index (χ3n) is 4.84. The lowest BCUT2D eigenvalue weighted by Gasteiger charge is -2.23. The van der Waals surface area contributed by atoms with Crippen LogP contribution in [0.2, 0.25) is 0 Å². The number of benzene rings is 2. The minimum Gasteiger partial charge on any atom is -0.493 e. The lowest BCUT2D eigenvalue weighted by molar-refractivity contribution is 0.0951. The summed E-state index contributed by atoms with van der Waals surface area (Å²) in [6.45, 7) is 2.56. The Labute approximate surface area is 154 Å². The maximum atomic E-state index is 12.4. The van der Waals surface area contributed by atoms with Crippen LogP contribution >= 0.6 is 0 Å². The van der Waals surface area contributed by atoms with Gasteiger partial charge in [-0.05, 0) is 60.7 Å². The molecule has 2 N–H and O–H groups in total. The maximum absolute atomic E-state index is 12.4. The van der Waals surface area contributed by atoms with E-state index in [-0.39, 0.29) is 5.91 Å². The molecule has 1 amide bonds. The van der Waals surface area contributed by atoms with Crippen LogP contribution < -0.4 is 20.1 Å². The topological polar surface area (TPSA) is 59.6 Å². The quantitative estimate of drug-likeness (QED) is 0.837. The summed E-state index contributed by atoms with van der Waals surface area (Å²) < 4.78 is 10.5. The Bertz CT molecular complexity index is 737. The lowest BCUT2D eigenvalue weighted by Crippen LogP contribution is -2.28. The summed E-state index contributed by atoms with van der Waals surface area (Å²) in [5.41, 5.74) is 2.94. The van der Waals surface area contributed by atoms with E-state index < -0.39 is 0 Å². The fourth-order valence-corrected chi connectivity index (χ4v) is 3.32. The van der Waals surface area contributed by atoms with Gasteiger partial charge in [-0.3, -0.25) is 4.79 Å². The summed E-state index contributed by atoms with van der Waals surface area (Å²) in [6.07, 6.45) is 2.41. The number of carbonyl (C=O) groups excluding carboxylic acids is 1. The molecule has 2 aromatic carbocycles. The molecule has 1 aliphatic heterocycles. The summed E-state index contributed by atoms with van der Waals surface area (Å²) >= 11 is 0. The van der Waals surface area contributed by atoms with Crippen molar-refractivity contribution in [2.45, 2.75) is 25.3 Å². The van der Waals surface area contributed by atoms with E-state index in [1.165, 1.54) is 18.4 Å². The smallest absolute Gasteiger partial charge is 0.251 e. The number of piperidine rings is 1. The van der Waals surface area contributed by atoms with Gasteiger partial charge < -0.3 is 20.1 Å². The lowest BCUT2D eigenvalue weighted by atomic mass is 9.91. The first-order chi connectivity index (χ1) is 12.7. The fraction of sp³-hybridized carbons (Fsp3) is 0.381. The van der Waals surface area contributed by atoms with Crippen molar-refractivity contribution in [1.82, 2.24) is 10.6 Å². The number of amides is 1. The number of nitrogens with one attached hydrogen (secondary N) is 2. The van der Waals surface area contributed by atoms with E-state index in [0.717, 1.165) is 18.7 Å². The molecule has 0 spiro atoms. The van der Waals surface area contributed by atoms with Gasteiger partial charge in [0.05, 0.1) is 14.2 Å². The van der Waals surface area contributed by atoms with E-state index in [0.29, 0.717) is 29.5 Å². The van der Waals surface area contributed by atoms with E-state index in [1.54, 1.807) is 14.2 Å². The molecule has 0 aromatic heterocycles. The molecule has 0 aliphatic carbocycles. The largest absolute Gasteiger partial charge is 0.493 e. The highest BCUT2D eigenvalue weighted by Gasteiger charge is 2.15. The average Bonchev–Trinajstić information content (AvgIpc) is 2.72. The molecule has 5 heteroatoms. The number of carbonyl (C=O) groups is 1. The van der Waals surface area contributed by atoms with Gasteiger partial charge in [0.25, 0.3) is 5.91 Å². The predicted molar refractivity (Wildman–Crippen MR) is 102 cm³/mol. The van der Waals surface area contributed by atoms with Crippen LogP contribution in [0.4, 0.5) is 0 Å². The number of hydrogen-bond acceptors (Lipinski definition) is 4. The molecule has 1 saturated heterocycles. The Morgan fingerprint density at radius 1 is 1.12 bits per heavy atom. The number of hydrogen-bond donors (Lipinski definition) is 2. The van der Waals surface area contributed by atoms with Gasteiger partial charge in [0.1, 0.15) is 0 Å². The zero-order chi connectivity index (χ0) is 18.4. The minimum atomic E-state index is -0.0758. The Hall–Kier alpha value is -2.53. The van der Waals surface area contributed by atoms with Crippen LogP contribution in [0, 0.1) is 0 Å². The Morgan fingerprint density at radius 2 is 1.88 bits per heavy atom. The van der Waals surface area contributed by atoms with Crippen molar-refractivity contribution in [3.8, 4) is 11.5 Å². The Balaban J connectivity index is 1.59. The first kappa shape index (κ1) is 18.3. The highest BCUT2D eigenvalue weighted by Crippen LogP contribution is 2.27. The van der Waals surface area contributed by atoms with Gasteiger partial charge in [0.2, 0.25) is 0 Å². The van der Waals surface area contributed by atoms with Crippen molar-refractivity contribution >= 4 is 5.91 Å². The second-order valence-electron chi connectivity index (χ2n) is 6.54. The van der Waals surface area contributed by atoms with Gasteiger partial charge in [-0.25, -0.2) is 0 Å². The standard InChI is InChI=1S/C21H26N2O3/c1-25-19-10-5-15(12-20(19)26-2)13-23-21(24)17-8-6-16(7-9-17)18-4-3-11-22-14-18/h5-10,12,18,22H,3-4,11,13-14H2,1-2H3,(H,23,24). The second kappa shape index (κ2) is 8.72. The molecule has 1 fully saturated rings. The van der Waals surface area contributed by atoms with Crippen LogP contribution in [-0.4, -0.2) is 33.2 Å². The number of methoxy groups -OCH3 is 2. The van der Waals surface area contributed by atoms with Crippen molar-refractivity contribution in [3.63, 3.8) is 0 Å². The molecule has 1 heterocycles. The predicted octanol–water partition coefficient (Wildman–Crippen LogP) is 3.10. The molecular weight excluding hydrogens is 328 g/mol. The summed E-state index contributed by atoms with van der Waals surface area (Å²) in [4.78, 5) is 12.4. The molecule has 0 saturated carbocycles. The monoisotopic (exact) mass is 354 g/mol. The normalized spacial score (nSPS) is 16.8. The first-order valence-corrected chi connectivity index (χ1v) is 9.01. The number of rotatable bonds is 6. The molecular formula is C21H26N2O3. The van der Waals surface area contributed by atoms with Crippen molar-refractivity contribution in [2.24, 2.45) is 0 Å². The molecule has 2 aromatic rings. The number of ether oxygens (including phenoxy) is 2. The van der Waals surface area contributed by atoms with Crippen LogP contribution in [-0.2, 0) is 6.54 Å². The van der Waals surface area contributed by atoms with E-state index in [9.17, 15) is 4.79 Å². The molecule has 138 valence electrons. The third kappa shape index (κ3) is 4.35. The van der Waals surface area contributed by atoms with E-state index in [4.69, 9.17) is 9.47 Å². The van der Waals surface area contributed by atoms with Crippen LogP contribution in [0.25, 0.3) is 0 Å². The van der Waals surface area contributed by atoms with Crippen LogP contribution in [0.1, 0.15) is 40.2 Å². The molecule has 1 unspecified atom stereocenters.